The van der Waals surface area contributed by atoms with Crippen LogP contribution in [-0.2, 0) is 0 Å². The molecule has 7 heteroatoms. The van der Waals surface area contributed by atoms with Gasteiger partial charge in [-0.05, 0) is 36.6 Å². The zero-order valence-corrected chi connectivity index (χ0v) is 14.5. The van der Waals surface area contributed by atoms with Crippen LogP contribution < -0.4 is 15.5 Å². The molecule has 1 saturated heterocycles. The summed E-state index contributed by atoms with van der Waals surface area (Å²) < 4.78 is 0. The topological polar surface area (TPSA) is 95.0 Å². The number of rotatable bonds is 4. The van der Waals surface area contributed by atoms with Crippen LogP contribution in [0.3, 0.4) is 0 Å². The van der Waals surface area contributed by atoms with Gasteiger partial charge in [0.1, 0.15) is 6.07 Å². The summed E-state index contributed by atoms with van der Waals surface area (Å²) in [6.07, 6.45) is 4.26. The third-order valence-corrected chi connectivity index (χ3v) is 4.08. The SMILES string of the molecule is CN(C)c1nc(N)nc(/C(C#N)=C\c2ccc(N3CCCC3)cc2)n1. The molecule has 0 amide bonds. The van der Waals surface area contributed by atoms with E-state index in [1.807, 2.05) is 26.2 Å². The average Bonchev–Trinajstić information content (AvgIpc) is 3.14. The van der Waals surface area contributed by atoms with Crippen LogP contribution in [-0.4, -0.2) is 42.1 Å². The van der Waals surface area contributed by atoms with Crippen LogP contribution in [0.25, 0.3) is 11.6 Å². The Bertz CT molecular complexity index is 812. The molecule has 1 aliphatic rings. The van der Waals surface area contributed by atoms with Gasteiger partial charge in [-0.15, -0.1) is 0 Å². The number of nitriles is 1. The number of hydrogen-bond donors (Lipinski definition) is 1. The average molecular weight is 335 g/mol. The Balaban J connectivity index is 1.89. The molecule has 25 heavy (non-hydrogen) atoms. The molecule has 3 rings (SSSR count). The van der Waals surface area contributed by atoms with Crippen LogP contribution in [0, 0.1) is 11.3 Å². The van der Waals surface area contributed by atoms with E-state index in [1.165, 1.54) is 18.5 Å². The third kappa shape index (κ3) is 3.86. The Kier molecular flexibility index (Phi) is 4.80. The summed E-state index contributed by atoms with van der Waals surface area (Å²) in [5.74, 6) is 0.801. The lowest BCUT2D eigenvalue weighted by Gasteiger charge is -2.17. The fourth-order valence-corrected chi connectivity index (χ4v) is 2.77. The van der Waals surface area contributed by atoms with Gasteiger partial charge < -0.3 is 15.5 Å². The van der Waals surface area contributed by atoms with Crippen molar-refractivity contribution in [3.8, 4) is 6.07 Å². The van der Waals surface area contributed by atoms with Crippen molar-refractivity contribution < 1.29 is 0 Å². The largest absolute Gasteiger partial charge is 0.372 e. The van der Waals surface area contributed by atoms with Crippen molar-refractivity contribution in [2.75, 3.05) is 42.7 Å². The molecule has 1 aromatic heterocycles. The van der Waals surface area contributed by atoms with E-state index in [2.05, 4.69) is 38.1 Å². The quantitative estimate of drug-likeness (QED) is 0.856. The summed E-state index contributed by atoms with van der Waals surface area (Å²) in [7, 11) is 3.62. The molecule has 0 saturated carbocycles. The van der Waals surface area contributed by atoms with Gasteiger partial charge in [0.2, 0.25) is 11.9 Å². The molecule has 128 valence electrons. The Labute approximate surface area is 147 Å². The van der Waals surface area contributed by atoms with E-state index < -0.39 is 0 Å². The number of hydrogen-bond acceptors (Lipinski definition) is 7. The van der Waals surface area contributed by atoms with Gasteiger partial charge in [-0.3, -0.25) is 0 Å². The second-order valence-corrected chi connectivity index (χ2v) is 6.17. The fourth-order valence-electron chi connectivity index (χ4n) is 2.77. The highest BCUT2D eigenvalue weighted by Gasteiger charge is 2.13. The Hall–Kier alpha value is -3.14. The number of anilines is 3. The van der Waals surface area contributed by atoms with Crippen molar-refractivity contribution in [2.45, 2.75) is 12.8 Å². The van der Waals surface area contributed by atoms with E-state index in [0.29, 0.717) is 11.5 Å². The van der Waals surface area contributed by atoms with Gasteiger partial charge in [-0.1, -0.05) is 12.1 Å². The van der Waals surface area contributed by atoms with Crippen molar-refractivity contribution in [1.29, 1.82) is 5.26 Å². The normalized spacial score (nSPS) is 14.4. The minimum atomic E-state index is 0.0965. The van der Waals surface area contributed by atoms with Gasteiger partial charge in [-0.2, -0.15) is 20.2 Å². The summed E-state index contributed by atoms with van der Waals surface area (Å²) in [5.41, 5.74) is 8.23. The summed E-state index contributed by atoms with van der Waals surface area (Å²) in [4.78, 5) is 16.5. The molecule has 1 aromatic carbocycles. The van der Waals surface area contributed by atoms with Crippen molar-refractivity contribution in [2.24, 2.45) is 0 Å². The van der Waals surface area contributed by atoms with E-state index in [1.54, 1.807) is 11.0 Å². The minimum Gasteiger partial charge on any atom is -0.372 e. The lowest BCUT2D eigenvalue weighted by Crippen LogP contribution is -2.17. The maximum atomic E-state index is 9.51. The fraction of sp³-hybridized carbons (Fsp3) is 0.333. The molecule has 0 radical (unpaired) electrons. The number of nitrogens with zero attached hydrogens (tertiary/aromatic N) is 6. The zero-order chi connectivity index (χ0) is 17.8. The van der Waals surface area contributed by atoms with Gasteiger partial charge in [0.15, 0.2) is 5.82 Å². The maximum absolute atomic E-state index is 9.51. The minimum absolute atomic E-state index is 0.0965. The van der Waals surface area contributed by atoms with E-state index in [-0.39, 0.29) is 11.8 Å². The highest BCUT2D eigenvalue weighted by molar-refractivity contribution is 5.87. The first-order valence-electron chi connectivity index (χ1n) is 8.23. The van der Waals surface area contributed by atoms with Gasteiger partial charge in [0, 0.05) is 32.9 Å². The summed E-state index contributed by atoms with van der Waals surface area (Å²) in [5, 5.41) is 9.51. The number of nitrogens with two attached hydrogens (primary N) is 1. The first kappa shape index (κ1) is 16.7. The predicted octanol–water partition coefficient (Wildman–Crippen LogP) is 2.18. The van der Waals surface area contributed by atoms with E-state index in [0.717, 1.165) is 18.7 Å². The van der Waals surface area contributed by atoms with Gasteiger partial charge >= 0.3 is 0 Å². The number of nitrogen functional groups attached to an aromatic ring is 1. The van der Waals surface area contributed by atoms with Crippen molar-refractivity contribution in [3.63, 3.8) is 0 Å². The van der Waals surface area contributed by atoms with Gasteiger partial charge in [0.05, 0.1) is 5.57 Å². The molecule has 0 unspecified atom stereocenters. The summed E-state index contributed by atoms with van der Waals surface area (Å²) >= 11 is 0. The summed E-state index contributed by atoms with van der Waals surface area (Å²) in [6.45, 7) is 2.21. The molecular formula is C18H21N7. The van der Waals surface area contributed by atoms with Crippen LogP contribution in [0.2, 0.25) is 0 Å². The molecule has 0 bridgehead atoms. The van der Waals surface area contributed by atoms with Crippen LogP contribution in [0.1, 0.15) is 24.2 Å². The molecule has 0 spiro atoms. The van der Waals surface area contributed by atoms with E-state index >= 15 is 0 Å². The summed E-state index contributed by atoms with van der Waals surface area (Å²) in [6, 6.07) is 10.3. The standard InChI is InChI=1S/C18H21N7/c1-24(2)18-22-16(21-17(20)23-18)14(12-19)11-13-5-7-15(8-6-13)25-9-3-4-10-25/h5-8,11H,3-4,9-10H2,1-2H3,(H2,20,21,22,23)/b14-11-. The molecular weight excluding hydrogens is 314 g/mol. The lowest BCUT2D eigenvalue weighted by atomic mass is 10.1. The molecule has 2 aromatic rings. The number of aromatic nitrogens is 3. The Morgan fingerprint density at radius 3 is 2.44 bits per heavy atom. The Morgan fingerprint density at radius 1 is 1.16 bits per heavy atom. The first-order valence-corrected chi connectivity index (χ1v) is 8.23. The van der Waals surface area contributed by atoms with E-state index in [9.17, 15) is 5.26 Å². The lowest BCUT2D eigenvalue weighted by molar-refractivity contribution is 0.949. The Morgan fingerprint density at radius 2 is 1.84 bits per heavy atom. The van der Waals surface area contributed by atoms with Gasteiger partial charge in [0.25, 0.3) is 0 Å². The monoisotopic (exact) mass is 335 g/mol. The zero-order valence-electron chi connectivity index (χ0n) is 14.5. The third-order valence-electron chi connectivity index (χ3n) is 4.08. The highest BCUT2D eigenvalue weighted by atomic mass is 15.3. The molecule has 1 fully saturated rings. The number of allylic oxidation sites excluding steroid dienone is 1. The van der Waals surface area contributed by atoms with Crippen LogP contribution in [0.15, 0.2) is 24.3 Å². The molecule has 2 heterocycles. The van der Waals surface area contributed by atoms with Crippen LogP contribution in [0.4, 0.5) is 17.6 Å². The van der Waals surface area contributed by atoms with E-state index in [4.69, 9.17) is 5.73 Å². The second-order valence-electron chi connectivity index (χ2n) is 6.17. The predicted molar refractivity (Wildman–Crippen MR) is 99.9 cm³/mol. The molecule has 0 aliphatic carbocycles. The molecule has 0 atom stereocenters. The molecule has 7 nitrogen and oxygen atoms in total. The van der Waals surface area contributed by atoms with Gasteiger partial charge in [-0.25, -0.2) is 0 Å². The first-order chi connectivity index (χ1) is 12.1. The molecule has 1 aliphatic heterocycles. The highest BCUT2D eigenvalue weighted by Crippen LogP contribution is 2.22. The smallest absolute Gasteiger partial charge is 0.230 e. The van der Waals surface area contributed by atoms with Crippen molar-refractivity contribution in [1.82, 2.24) is 15.0 Å². The second kappa shape index (κ2) is 7.18. The van der Waals surface area contributed by atoms with Crippen LogP contribution >= 0.6 is 0 Å². The van der Waals surface area contributed by atoms with Crippen molar-refractivity contribution >= 4 is 29.2 Å². The number of benzene rings is 1. The molecule has 2 N–H and O–H groups in total. The van der Waals surface area contributed by atoms with Crippen LogP contribution in [0.5, 0.6) is 0 Å². The maximum Gasteiger partial charge on any atom is 0.230 e. The van der Waals surface area contributed by atoms with Crippen molar-refractivity contribution in [3.05, 3.63) is 35.7 Å².